The minimum atomic E-state index is -0.275. The molecule has 0 bridgehead atoms. The number of piperidine rings is 1. The third-order valence-corrected chi connectivity index (χ3v) is 4.69. The van der Waals surface area contributed by atoms with E-state index in [1.165, 1.54) is 6.07 Å². The first kappa shape index (κ1) is 15.2. The van der Waals surface area contributed by atoms with Gasteiger partial charge in [0.1, 0.15) is 0 Å². The molecule has 1 saturated heterocycles. The number of fused-ring (bicyclic) bond motifs is 1. The van der Waals surface area contributed by atoms with Crippen LogP contribution in [0.4, 0.5) is 0 Å². The van der Waals surface area contributed by atoms with E-state index >= 15 is 0 Å². The fourth-order valence-corrected chi connectivity index (χ4v) is 3.42. The second kappa shape index (κ2) is 6.22. The molecule has 22 heavy (non-hydrogen) atoms. The van der Waals surface area contributed by atoms with Crippen LogP contribution in [0.25, 0.3) is 10.9 Å². The van der Waals surface area contributed by atoms with Gasteiger partial charge < -0.3 is 15.6 Å². The largest absolute Gasteiger partial charge is 0.349 e. The number of hydrogen-bond donors (Lipinski definition) is 3. The zero-order valence-corrected chi connectivity index (χ0v) is 13.9. The Balaban J connectivity index is 1.94. The molecule has 3 rings (SSSR count). The molecule has 2 heterocycles. The highest BCUT2D eigenvalue weighted by molar-refractivity contribution is 9.10. The first-order chi connectivity index (χ1) is 10.5. The van der Waals surface area contributed by atoms with Crippen LogP contribution in [-0.2, 0) is 0 Å². The Labute approximate surface area is 136 Å². The highest BCUT2D eigenvalue weighted by Crippen LogP contribution is 2.23. The summed E-state index contributed by atoms with van der Waals surface area (Å²) in [6.45, 7) is 3.01. The van der Waals surface area contributed by atoms with Crippen LogP contribution in [0.1, 0.15) is 30.1 Å². The number of benzene rings is 1. The standard InChI is InChI=1S/C16H18BrN3O2/c1-9-7-10(5-6-18-9)19-16(22)12-8-14(21)20-15-11(12)3-2-4-13(15)17/h2-4,8-10,18H,5-7H2,1H3,(H,19,22)(H,20,21). The summed E-state index contributed by atoms with van der Waals surface area (Å²) < 4.78 is 0.771. The molecule has 1 aliphatic heterocycles. The van der Waals surface area contributed by atoms with Crippen molar-refractivity contribution in [1.82, 2.24) is 15.6 Å². The average molecular weight is 364 g/mol. The average Bonchev–Trinajstić information content (AvgIpc) is 2.47. The molecule has 1 fully saturated rings. The van der Waals surface area contributed by atoms with Gasteiger partial charge >= 0.3 is 0 Å². The van der Waals surface area contributed by atoms with E-state index < -0.39 is 0 Å². The number of carbonyl (C=O) groups is 1. The molecule has 2 unspecified atom stereocenters. The topological polar surface area (TPSA) is 74.0 Å². The van der Waals surface area contributed by atoms with Crippen LogP contribution in [0.5, 0.6) is 0 Å². The van der Waals surface area contributed by atoms with Crippen LogP contribution in [0.2, 0.25) is 0 Å². The van der Waals surface area contributed by atoms with Crippen molar-refractivity contribution in [3.8, 4) is 0 Å². The number of amides is 1. The maximum absolute atomic E-state index is 12.6. The lowest BCUT2D eigenvalue weighted by Crippen LogP contribution is -2.46. The second-order valence-corrected chi connectivity index (χ2v) is 6.61. The third-order valence-electron chi connectivity index (χ3n) is 4.03. The summed E-state index contributed by atoms with van der Waals surface area (Å²) in [7, 11) is 0. The van der Waals surface area contributed by atoms with Crippen molar-refractivity contribution >= 4 is 32.7 Å². The summed E-state index contributed by atoms with van der Waals surface area (Å²) in [5.41, 5.74) is 0.799. The van der Waals surface area contributed by atoms with Gasteiger partial charge in [0.15, 0.2) is 0 Å². The van der Waals surface area contributed by atoms with E-state index in [2.05, 4.69) is 38.5 Å². The second-order valence-electron chi connectivity index (χ2n) is 5.76. The van der Waals surface area contributed by atoms with E-state index in [9.17, 15) is 9.59 Å². The van der Waals surface area contributed by atoms with Crippen molar-refractivity contribution in [2.24, 2.45) is 0 Å². The number of pyridine rings is 1. The van der Waals surface area contributed by atoms with Crippen molar-refractivity contribution in [2.75, 3.05) is 6.54 Å². The number of nitrogens with one attached hydrogen (secondary N) is 3. The molecule has 116 valence electrons. The number of para-hydroxylation sites is 1. The monoisotopic (exact) mass is 363 g/mol. The van der Waals surface area contributed by atoms with Crippen LogP contribution < -0.4 is 16.2 Å². The fraction of sp³-hybridized carbons (Fsp3) is 0.375. The van der Waals surface area contributed by atoms with E-state index in [4.69, 9.17) is 0 Å². The van der Waals surface area contributed by atoms with Crippen molar-refractivity contribution in [3.05, 3.63) is 44.7 Å². The van der Waals surface area contributed by atoms with E-state index in [0.717, 1.165) is 29.2 Å². The third kappa shape index (κ3) is 3.08. The Hall–Kier alpha value is -1.66. The lowest BCUT2D eigenvalue weighted by Gasteiger charge is -2.28. The van der Waals surface area contributed by atoms with Crippen LogP contribution in [0, 0.1) is 0 Å². The molecule has 1 aromatic heterocycles. The minimum Gasteiger partial charge on any atom is -0.349 e. The van der Waals surface area contributed by atoms with E-state index in [0.29, 0.717) is 17.1 Å². The van der Waals surface area contributed by atoms with Crippen LogP contribution >= 0.6 is 15.9 Å². The maximum atomic E-state index is 12.6. The molecule has 1 aromatic carbocycles. The predicted molar refractivity (Wildman–Crippen MR) is 90.2 cm³/mol. The number of aromatic amines is 1. The van der Waals surface area contributed by atoms with Gasteiger partial charge in [-0.05, 0) is 48.3 Å². The SMILES string of the molecule is CC1CC(NC(=O)c2cc(=O)[nH]c3c(Br)cccc23)CCN1. The van der Waals surface area contributed by atoms with Crippen LogP contribution in [-0.4, -0.2) is 29.5 Å². The van der Waals surface area contributed by atoms with Gasteiger partial charge in [0.2, 0.25) is 5.56 Å². The molecule has 5 nitrogen and oxygen atoms in total. The Morgan fingerprint density at radius 1 is 1.41 bits per heavy atom. The first-order valence-electron chi connectivity index (χ1n) is 7.40. The van der Waals surface area contributed by atoms with Crippen molar-refractivity contribution in [3.63, 3.8) is 0 Å². The van der Waals surface area contributed by atoms with Crippen molar-refractivity contribution in [1.29, 1.82) is 0 Å². The molecule has 2 atom stereocenters. The maximum Gasteiger partial charge on any atom is 0.252 e. The molecule has 2 aromatic rings. The molecule has 6 heteroatoms. The van der Waals surface area contributed by atoms with Gasteiger partial charge in [0.05, 0.1) is 11.1 Å². The lowest BCUT2D eigenvalue weighted by atomic mass is 10.00. The van der Waals surface area contributed by atoms with Crippen molar-refractivity contribution < 1.29 is 4.79 Å². The van der Waals surface area contributed by atoms with Gasteiger partial charge in [-0.25, -0.2) is 0 Å². The normalized spacial score (nSPS) is 21.7. The summed E-state index contributed by atoms with van der Waals surface area (Å²) in [4.78, 5) is 27.2. The molecule has 0 spiro atoms. The van der Waals surface area contributed by atoms with Crippen LogP contribution in [0.15, 0.2) is 33.5 Å². The number of aromatic nitrogens is 1. The summed E-state index contributed by atoms with van der Waals surface area (Å²) in [5, 5.41) is 7.16. The summed E-state index contributed by atoms with van der Waals surface area (Å²) >= 11 is 3.41. The summed E-state index contributed by atoms with van der Waals surface area (Å²) in [6.07, 6.45) is 1.80. The van der Waals surface area contributed by atoms with E-state index in [1.807, 2.05) is 18.2 Å². The van der Waals surface area contributed by atoms with Gasteiger partial charge in [0.25, 0.3) is 5.91 Å². The van der Waals surface area contributed by atoms with E-state index in [-0.39, 0.29) is 17.5 Å². The number of rotatable bonds is 2. The fourth-order valence-electron chi connectivity index (χ4n) is 2.96. The van der Waals surface area contributed by atoms with Gasteiger partial charge in [-0.2, -0.15) is 0 Å². The van der Waals surface area contributed by atoms with E-state index in [1.54, 1.807) is 0 Å². The predicted octanol–water partition coefficient (Wildman–Crippen LogP) is 2.16. The molecule has 0 saturated carbocycles. The van der Waals surface area contributed by atoms with Crippen LogP contribution in [0.3, 0.4) is 0 Å². The summed E-state index contributed by atoms with van der Waals surface area (Å²) in [6, 6.07) is 7.45. The Bertz CT molecular complexity index is 772. The smallest absolute Gasteiger partial charge is 0.252 e. The zero-order valence-electron chi connectivity index (χ0n) is 12.3. The lowest BCUT2D eigenvalue weighted by molar-refractivity contribution is 0.0927. The highest BCUT2D eigenvalue weighted by Gasteiger charge is 2.21. The number of H-pyrrole nitrogens is 1. The number of halogens is 1. The van der Waals surface area contributed by atoms with Crippen molar-refractivity contribution in [2.45, 2.75) is 31.8 Å². The molecule has 0 aliphatic carbocycles. The molecular weight excluding hydrogens is 346 g/mol. The highest BCUT2D eigenvalue weighted by atomic mass is 79.9. The summed E-state index contributed by atoms with van der Waals surface area (Å²) in [5.74, 6) is -0.187. The number of carbonyl (C=O) groups excluding carboxylic acids is 1. The Morgan fingerprint density at radius 2 is 2.23 bits per heavy atom. The molecule has 1 amide bonds. The van der Waals surface area contributed by atoms with Gasteiger partial charge in [-0.1, -0.05) is 12.1 Å². The molecular formula is C16H18BrN3O2. The van der Waals surface area contributed by atoms with Gasteiger partial charge in [-0.3, -0.25) is 9.59 Å². The van der Waals surface area contributed by atoms with Gasteiger partial charge in [0, 0.05) is 28.0 Å². The molecule has 1 aliphatic rings. The Kier molecular flexibility index (Phi) is 4.31. The minimum absolute atomic E-state index is 0.144. The zero-order chi connectivity index (χ0) is 15.7. The first-order valence-corrected chi connectivity index (χ1v) is 8.19. The molecule has 3 N–H and O–H groups in total. The Morgan fingerprint density at radius 3 is 3.00 bits per heavy atom. The quantitative estimate of drug-likeness (QED) is 0.765. The number of hydrogen-bond acceptors (Lipinski definition) is 3. The molecule has 0 radical (unpaired) electrons. The van der Waals surface area contributed by atoms with Gasteiger partial charge in [-0.15, -0.1) is 0 Å².